The van der Waals surface area contributed by atoms with Crippen LogP contribution in [0.25, 0.3) is 0 Å². The average Bonchev–Trinajstić information content (AvgIpc) is 2.42. The minimum Gasteiger partial charge on any atom is -0.457 e. The van der Waals surface area contributed by atoms with Crippen molar-refractivity contribution in [2.24, 2.45) is 0 Å². The van der Waals surface area contributed by atoms with Gasteiger partial charge in [0, 0.05) is 12.8 Å². The van der Waals surface area contributed by atoms with Crippen molar-refractivity contribution in [3.05, 3.63) is 53.6 Å². The fourth-order valence-electron chi connectivity index (χ4n) is 2.02. The number of hydrogen-bond acceptors (Lipinski definition) is 4. The highest BCUT2D eigenvalue weighted by atomic mass is 32.2. The molecular formula is C16H19NO3S. The molecular weight excluding hydrogens is 286 g/mol. The van der Waals surface area contributed by atoms with E-state index in [4.69, 9.17) is 4.74 Å². The molecule has 2 rings (SSSR count). The van der Waals surface area contributed by atoms with Crippen LogP contribution < -0.4 is 10.1 Å². The molecule has 5 heteroatoms. The molecule has 21 heavy (non-hydrogen) atoms. The maximum Gasteiger partial charge on any atom is 0.175 e. The largest absolute Gasteiger partial charge is 0.457 e. The van der Waals surface area contributed by atoms with Crippen LogP contribution in [0.4, 0.5) is 0 Å². The molecule has 0 saturated heterocycles. The van der Waals surface area contributed by atoms with E-state index in [1.54, 1.807) is 24.3 Å². The first-order valence-corrected chi connectivity index (χ1v) is 8.51. The molecule has 0 amide bonds. The predicted molar refractivity (Wildman–Crippen MR) is 83.6 cm³/mol. The Morgan fingerprint density at radius 2 is 1.76 bits per heavy atom. The maximum atomic E-state index is 11.4. The summed E-state index contributed by atoms with van der Waals surface area (Å²) >= 11 is 0. The SMILES string of the molecule is CNCc1ccc(Oc2ccc(S(C)(=O)=O)cc2)c(C)c1. The zero-order chi connectivity index (χ0) is 15.5. The van der Waals surface area contributed by atoms with Gasteiger partial charge in [-0.3, -0.25) is 0 Å². The van der Waals surface area contributed by atoms with Gasteiger partial charge in [0.25, 0.3) is 0 Å². The molecule has 2 aromatic rings. The Morgan fingerprint density at radius 1 is 1.10 bits per heavy atom. The van der Waals surface area contributed by atoms with Gasteiger partial charge in [-0.25, -0.2) is 8.42 Å². The summed E-state index contributed by atoms with van der Waals surface area (Å²) < 4.78 is 28.6. The smallest absolute Gasteiger partial charge is 0.175 e. The molecule has 0 spiro atoms. The first kappa shape index (κ1) is 15.5. The van der Waals surface area contributed by atoms with Crippen LogP contribution >= 0.6 is 0 Å². The van der Waals surface area contributed by atoms with Gasteiger partial charge in [0.05, 0.1) is 4.90 Å². The minimum atomic E-state index is -3.18. The van der Waals surface area contributed by atoms with Gasteiger partial charge in [0.2, 0.25) is 0 Å². The molecule has 0 aliphatic carbocycles. The van der Waals surface area contributed by atoms with E-state index in [2.05, 4.69) is 11.4 Å². The summed E-state index contributed by atoms with van der Waals surface area (Å²) in [5.41, 5.74) is 2.23. The molecule has 0 saturated carbocycles. The number of nitrogens with one attached hydrogen (secondary N) is 1. The van der Waals surface area contributed by atoms with Gasteiger partial charge in [0.15, 0.2) is 9.84 Å². The van der Waals surface area contributed by atoms with E-state index in [-0.39, 0.29) is 4.90 Å². The molecule has 1 N–H and O–H groups in total. The Morgan fingerprint density at radius 3 is 2.29 bits per heavy atom. The van der Waals surface area contributed by atoms with E-state index in [9.17, 15) is 8.42 Å². The van der Waals surface area contributed by atoms with Crippen LogP contribution in [0.3, 0.4) is 0 Å². The second-order valence-electron chi connectivity index (χ2n) is 4.98. The van der Waals surface area contributed by atoms with Crippen molar-refractivity contribution in [2.45, 2.75) is 18.4 Å². The minimum absolute atomic E-state index is 0.288. The lowest BCUT2D eigenvalue weighted by atomic mass is 10.1. The van der Waals surface area contributed by atoms with Gasteiger partial charge >= 0.3 is 0 Å². The van der Waals surface area contributed by atoms with Crippen LogP contribution in [0.1, 0.15) is 11.1 Å². The molecule has 0 aliphatic rings. The summed E-state index contributed by atoms with van der Waals surface area (Å²) in [6.07, 6.45) is 1.19. The third-order valence-corrected chi connectivity index (χ3v) is 4.23. The van der Waals surface area contributed by atoms with Crippen molar-refractivity contribution >= 4 is 9.84 Å². The predicted octanol–water partition coefficient (Wildman–Crippen LogP) is 2.91. The van der Waals surface area contributed by atoms with Crippen LogP contribution in [-0.4, -0.2) is 21.7 Å². The highest BCUT2D eigenvalue weighted by molar-refractivity contribution is 7.90. The third-order valence-electron chi connectivity index (χ3n) is 3.10. The molecule has 0 radical (unpaired) electrons. The van der Waals surface area contributed by atoms with Crippen LogP contribution in [0.2, 0.25) is 0 Å². The van der Waals surface area contributed by atoms with Gasteiger partial charge in [-0.2, -0.15) is 0 Å². The molecule has 0 fully saturated rings. The highest BCUT2D eigenvalue weighted by Crippen LogP contribution is 2.26. The zero-order valence-electron chi connectivity index (χ0n) is 12.4. The summed E-state index contributed by atoms with van der Waals surface area (Å²) in [4.78, 5) is 0.288. The van der Waals surface area contributed by atoms with Gasteiger partial charge in [-0.1, -0.05) is 12.1 Å². The van der Waals surface area contributed by atoms with E-state index >= 15 is 0 Å². The Hall–Kier alpha value is -1.85. The number of benzene rings is 2. The summed E-state index contributed by atoms with van der Waals surface area (Å²) in [6, 6.07) is 12.4. The summed E-state index contributed by atoms with van der Waals surface area (Å²) in [5, 5.41) is 3.10. The first-order valence-electron chi connectivity index (χ1n) is 6.62. The summed E-state index contributed by atoms with van der Waals surface area (Å²) in [5.74, 6) is 1.38. The summed E-state index contributed by atoms with van der Waals surface area (Å²) in [6.45, 7) is 2.80. The number of ether oxygens (including phenoxy) is 1. The van der Waals surface area contributed by atoms with Crippen molar-refractivity contribution < 1.29 is 13.2 Å². The topological polar surface area (TPSA) is 55.4 Å². The van der Waals surface area contributed by atoms with Crippen molar-refractivity contribution in [1.82, 2.24) is 5.32 Å². The monoisotopic (exact) mass is 305 g/mol. The van der Waals surface area contributed by atoms with Crippen molar-refractivity contribution in [3.63, 3.8) is 0 Å². The van der Waals surface area contributed by atoms with Crippen molar-refractivity contribution in [2.75, 3.05) is 13.3 Å². The average molecular weight is 305 g/mol. The number of rotatable bonds is 5. The Balaban J connectivity index is 2.18. The molecule has 112 valence electrons. The lowest BCUT2D eigenvalue weighted by Gasteiger charge is -2.10. The molecule has 4 nitrogen and oxygen atoms in total. The second-order valence-corrected chi connectivity index (χ2v) is 6.99. The number of hydrogen-bond donors (Lipinski definition) is 1. The van der Waals surface area contributed by atoms with Gasteiger partial charge < -0.3 is 10.1 Å². The van der Waals surface area contributed by atoms with E-state index < -0.39 is 9.84 Å². The standard InChI is InChI=1S/C16H19NO3S/c1-12-10-13(11-17-2)4-9-16(12)20-14-5-7-15(8-6-14)21(3,18)19/h4-10,17H,11H2,1-3H3. The molecule has 0 aliphatic heterocycles. The summed E-state index contributed by atoms with van der Waals surface area (Å²) in [7, 11) is -1.27. The lowest BCUT2D eigenvalue weighted by Crippen LogP contribution is -2.05. The van der Waals surface area contributed by atoms with Crippen molar-refractivity contribution in [3.8, 4) is 11.5 Å². The zero-order valence-corrected chi connectivity index (χ0v) is 13.2. The van der Waals surface area contributed by atoms with E-state index in [0.29, 0.717) is 5.75 Å². The number of aryl methyl sites for hydroxylation is 1. The highest BCUT2D eigenvalue weighted by Gasteiger charge is 2.07. The fraction of sp³-hybridized carbons (Fsp3) is 0.250. The number of sulfone groups is 1. The normalized spacial score (nSPS) is 11.4. The Labute approximate surface area is 125 Å². The lowest BCUT2D eigenvalue weighted by molar-refractivity contribution is 0.478. The molecule has 0 heterocycles. The van der Waals surface area contributed by atoms with Gasteiger partial charge in [-0.05, 0) is 55.4 Å². The second kappa shape index (κ2) is 6.28. The fourth-order valence-corrected chi connectivity index (χ4v) is 2.65. The van der Waals surface area contributed by atoms with Gasteiger partial charge in [-0.15, -0.1) is 0 Å². The van der Waals surface area contributed by atoms with E-state index in [0.717, 1.165) is 17.9 Å². The molecule has 0 unspecified atom stereocenters. The van der Waals surface area contributed by atoms with Crippen LogP contribution in [0.5, 0.6) is 11.5 Å². The quantitative estimate of drug-likeness (QED) is 0.923. The van der Waals surface area contributed by atoms with Gasteiger partial charge in [0.1, 0.15) is 11.5 Å². The van der Waals surface area contributed by atoms with Crippen LogP contribution in [0, 0.1) is 6.92 Å². The molecule has 0 bridgehead atoms. The molecule has 2 aromatic carbocycles. The maximum absolute atomic E-state index is 11.4. The third kappa shape index (κ3) is 4.06. The first-order chi connectivity index (χ1) is 9.90. The van der Waals surface area contributed by atoms with Crippen molar-refractivity contribution in [1.29, 1.82) is 0 Å². The van der Waals surface area contributed by atoms with Crippen LogP contribution in [-0.2, 0) is 16.4 Å². The Bertz CT molecular complexity index is 722. The van der Waals surface area contributed by atoms with Crippen LogP contribution in [0.15, 0.2) is 47.4 Å². The molecule has 0 atom stereocenters. The van der Waals surface area contributed by atoms with E-state index in [1.807, 2.05) is 26.1 Å². The Kier molecular flexibility index (Phi) is 4.65. The molecule has 0 aromatic heterocycles. The van der Waals surface area contributed by atoms with E-state index in [1.165, 1.54) is 11.8 Å².